The van der Waals surface area contributed by atoms with Gasteiger partial charge in [0.15, 0.2) is 0 Å². The van der Waals surface area contributed by atoms with Gasteiger partial charge in [0, 0.05) is 26.2 Å². The van der Waals surface area contributed by atoms with Crippen molar-refractivity contribution in [3.63, 3.8) is 0 Å². The normalized spacial score (nSPS) is 15.8. The van der Waals surface area contributed by atoms with Crippen molar-refractivity contribution in [2.45, 2.75) is 11.3 Å². The van der Waals surface area contributed by atoms with E-state index in [0.717, 1.165) is 5.56 Å². The Hall–Kier alpha value is -2.23. The molecule has 0 saturated carbocycles. The van der Waals surface area contributed by atoms with Gasteiger partial charge >= 0.3 is 5.97 Å². The van der Waals surface area contributed by atoms with Crippen LogP contribution in [-0.2, 0) is 21.2 Å². The lowest BCUT2D eigenvalue weighted by molar-refractivity contribution is -0.131. The maximum atomic E-state index is 12.7. The van der Waals surface area contributed by atoms with E-state index in [1.807, 2.05) is 16.8 Å². The number of amides is 1. The summed E-state index contributed by atoms with van der Waals surface area (Å²) in [6.45, 7) is 1.13. The molecule has 1 fully saturated rings. The molecule has 0 aliphatic carbocycles. The molecule has 26 heavy (non-hydrogen) atoms. The number of carbonyl (C=O) groups excluding carboxylic acids is 1. The first-order valence-corrected chi connectivity index (χ1v) is 10.4. The van der Waals surface area contributed by atoms with E-state index >= 15 is 0 Å². The smallest absolute Gasteiger partial charge is 0.335 e. The van der Waals surface area contributed by atoms with Crippen molar-refractivity contribution in [1.29, 1.82) is 0 Å². The molecule has 3 rings (SSSR count). The molecule has 2 heterocycles. The highest BCUT2D eigenvalue weighted by atomic mass is 32.2. The predicted octanol–water partition coefficient (Wildman–Crippen LogP) is 1.52. The van der Waals surface area contributed by atoms with Gasteiger partial charge < -0.3 is 10.0 Å². The van der Waals surface area contributed by atoms with E-state index in [1.54, 1.807) is 4.90 Å². The summed E-state index contributed by atoms with van der Waals surface area (Å²) in [5.74, 6) is -1.11. The standard InChI is InChI=1S/C17H18N2O5S2/c20-16(11-13-5-10-25-12-13)18-6-8-19(9-7-18)26(23,24)15-3-1-14(2-4-15)17(21)22/h1-5,10,12H,6-9,11H2,(H,21,22). The molecule has 1 aliphatic heterocycles. The number of carbonyl (C=O) groups is 2. The lowest BCUT2D eigenvalue weighted by atomic mass is 10.2. The van der Waals surface area contributed by atoms with Crippen LogP contribution < -0.4 is 0 Å². The molecule has 7 nitrogen and oxygen atoms in total. The summed E-state index contributed by atoms with van der Waals surface area (Å²) in [6, 6.07) is 7.05. The Balaban J connectivity index is 1.63. The van der Waals surface area contributed by atoms with E-state index in [-0.39, 0.29) is 29.5 Å². The number of thiophene rings is 1. The minimum Gasteiger partial charge on any atom is -0.478 e. The lowest BCUT2D eigenvalue weighted by Crippen LogP contribution is -2.50. The Morgan fingerprint density at radius 3 is 2.23 bits per heavy atom. The fourth-order valence-corrected chi connectivity index (χ4v) is 4.87. The van der Waals surface area contributed by atoms with E-state index in [1.165, 1.54) is 39.9 Å². The van der Waals surface area contributed by atoms with Crippen molar-refractivity contribution in [2.75, 3.05) is 26.2 Å². The Bertz CT molecular complexity index is 884. The molecule has 1 aromatic heterocycles. The van der Waals surface area contributed by atoms with E-state index in [9.17, 15) is 18.0 Å². The number of carboxylic acids is 1. The largest absolute Gasteiger partial charge is 0.478 e. The van der Waals surface area contributed by atoms with Crippen LogP contribution in [0.25, 0.3) is 0 Å². The highest BCUT2D eigenvalue weighted by Gasteiger charge is 2.30. The second-order valence-electron chi connectivity index (χ2n) is 5.92. The van der Waals surface area contributed by atoms with Gasteiger partial charge in [-0.2, -0.15) is 15.6 Å². The van der Waals surface area contributed by atoms with Crippen LogP contribution in [0.4, 0.5) is 0 Å². The summed E-state index contributed by atoms with van der Waals surface area (Å²) in [4.78, 5) is 24.9. The number of rotatable bonds is 5. The number of hydrogen-bond acceptors (Lipinski definition) is 5. The van der Waals surface area contributed by atoms with Crippen LogP contribution in [0.3, 0.4) is 0 Å². The van der Waals surface area contributed by atoms with Crippen LogP contribution in [-0.4, -0.2) is 60.8 Å². The lowest BCUT2D eigenvalue weighted by Gasteiger charge is -2.34. The van der Waals surface area contributed by atoms with Gasteiger partial charge in [0.1, 0.15) is 0 Å². The third-order valence-electron chi connectivity index (χ3n) is 4.27. The molecule has 1 N–H and O–H groups in total. The Morgan fingerprint density at radius 1 is 1.04 bits per heavy atom. The zero-order valence-electron chi connectivity index (χ0n) is 13.9. The molecule has 1 aromatic carbocycles. The fraction of sp³-hybridized carbons (Fsp3) is 0.294. The molecule has 1 saturated heterocycles. The summed E-state index contributed by atoms with van der Waals surface area (Å²) < 4.78 is 26.7. The van der Waals surface area contributed by atoms with Gasteiger partial charge in [-0.1, -0.05) is 0 Å². The van der Waals surface area contributed by atoms with E-state index in [4.69, 9.17) is 5.11 Å². The van der Waals surface area contributed by atoms with Gasteiger partial charge in [0.05, 0.1) is 16.9 Å². The fourth-order valence-electron chi connectivity index (χ4n) is 2.78. The highest BCUT2D eigenvalue weighted by Crippen LogP contribution is 2.19. The minimum atomic E-state index is -3.70. The Morgan fingerprint density at radius 2 is 1.69 bits per heavy atom. The average Bonchev–Trinajstić information content (AvgIpc) is 3.15. The summed E-state index contributed by atoms with van der Waals surface area (Å²) >= 11 is 1.54. The van der Waals surface area contributed by atoms with Crippen LogP contribution in [0.5, 0.6) is 0 Å². The van der Waals surface area contributed by atoms with E-state index in [2.05, 4.69) is 0 Å². The number of piperazine rings is 1. The number of benzene rings is 1. The molecule has 9 heteroatoms. The number of aromatic carboxylic acids is 1. The highest BCUT2D eigenvalue weighted by molar-refractivity contribution is 7.89. The van der Waals surface area contributed by atoms with E-state index < -0.39 is 16.0 Å². The molecular weight excluding hydrogens is 376 g/mol. The number of nitrogens with zero attached hydrogens (tertiary/aromatic N) is 2. The molecular formula is C17H18N2O5S2. The van der Waals surface area contributed by atoms with Crippen molar-refractivity contribution >= 4 is 33.2 Å². The second kappa shape index (κ2) is 7.56. The zero-order valence-corrected chi connectivity index (χ0v) is 15.5. The quantitative estimate of drug-likeness (QED) is 0.830. The van der Waals surface area contributed by atoms with Crippen molar-refractivity contribution in [3.05, 3.63) is 52.2 Å². The van der Waals surface area contributed by atoms with Gasteiger partial charge in [-0.05, 0) is 46.7 Å². The number of hydrogen-bond donors (Lipinski definition) is 1. The van der Waals surface area contributed by atoms with Gasteiger partial charge in [-0.25, -0.2) is 13.2 Å². The van der Waals surface area contributed by atoms with Gasteiger partial charge in [-0.3, -0.25) is 4.79 Å². The molecule has 0 atom stereocenters. The van der Waals surface area contributed by atoms with Crippen LogP contribution >= 0.6 is 11.3 Å². The third-order valence-corrected chi connectivity index (χ3v) is 6.91. The summed E-state index contributed by atoms with van der Waals surface area (Å²) in [5, 5.41) is 12.8. The summed E-state index contributed by atoms with van der Waals surface area (Å²) in [7, 11) is -3.70. The Labute approximate surface area is 155 Å². The first-order valence-electron chi connectivity index (χ1n) is 8.00. The average molecular weight is 394 g/mol. The zero-order chi connectivity index (χ0) is 18.7. The second-order valence-corrected chi connectivity index (χ2v) is 8.64. The van der Waals surface area contributed by atoms with Crippen molar-refractivity contribution in [1.82, 2.24) is 9.21 Å². The molecule has 1 aliphatic rings. The molecule has 2 aromatic rings. The monoisotopic (exact) mass is 394 g/mol. The van der Waals surface area contributed by atoms with Gasteiger partial charge in [-0.15, -0.1) is 0 Å². The topological polar surface area (TPSA) is 95.0 Å². The van der Waals surface area contributed by atoms with E-state index in [0.29, 0.717) is 19.5 Å². The maximum Gasteiger partial charge on any atom is 0.335 e. The van der Waals surface area contributed by atoms with Crippen molar-refractivity contribution in [3.8, 4) is 0 Å². The molecule has 0 spiro atoms. The SMILES string of the molecule is O=C(O)c1ccc(S(=O)(=O)N2CCN(C(=O)Cc3ccsc3)CC2)cc1. The van der Waals surface area contributed by atoms with Crippen molar-refractivity contribution in [2.24, 2.45) is 0 Å². The molecule has 0 unspecified atom stereocenters. The third kappa shape index (κ3) is 3.95. The number of sulfonamides is 1. The summed E-state index contributed by atoms with van der Waals surface area (Å²) in [5.41, 5.74) is 1.00. The summed E-state index contributed by atoms with van der Waals surface area (Å²) in [6.07, 6.45) is 0.326. The molecule has 1 amide bonds. The van der Waals surface area contributed by atoms with Crippen molar-refractivity contribution < 1.29 is 23.1 Å². The first-order chi connectivity index (χ1) is 12.4. The molecule has 0 bridgehead atoms. The van der Waals surface area contributed by atoms with Crippen LogP contribution in [0, 0.1) is 0 Å². The minimum absolute atomic E-state index is 0.00809. The van der Waals surface area contributed by atoms with Crippen LogP contribution in [0.15, 0.2) is 46.0 Å². The maximum absolute atomic E-state index is 12.7. The number of carboxylic acid groups (broad SMARTS) is 1. The first kappa shape index (κ1) is 18.6. The molecule has 138 valence electrons. The van der Waals surface area contributed by atoms with Crippen LogP contribution in [0.1, 0.15) is 15.9 Å². The van der Waals surface area contributed by atoms with Crippen LogP contribution in [0.2, 0.25) is 0 Å². The Kier molecular flexibility index (Phi) is 5.40. The predicted molar refractivity (Wildman–Crippen MR) is 96.8 cm³/mol. The van der Waals surface area contributed by atoms with Gasteiger partial charge in [0.2, 0.25) is 15.9 Å². The van der Waals surface area contributed by atoms with Gasteiger partial charge in [0.25, 0.3) is 0 Å². The molecule has 0 radical (unpaired) electrons.